The Balaban J connectivity index is 2.46. The number of rotatable bonds is 2. The quantitative estimate of drug-likeness (QED) is 0.731. The molecule has 74 valence electrons. The summed E-state index contributed by atoms with van der Waals surface area (Å²) in [5.41, 5.74) is 5.88. The van der Waals surface area contributed by atoms with Gasteiger partial charge in [-0.1, -0.05) is 34.1 Å². The monoisotopic (exact) mass is 255 g/mol. The summed E-state index contributed by atoms with van der Waals surface area (Å²) in [5.74, 6) is 0. The molecule has 14 heavy (non-hydrogen) atoms. The van der Waals surface area contributed by atoms with Gasteiger partial charge in [0.05, 0.1) is 12.8 Å². The zero-order valence-corrected chi connectivity index (χ0v) is 8.95. The number of benzene rings is 1. The van der Waals surface area contributed by atoms with Crippen LogP contribution < -0.4 is 11.0 Å². The minimum atomic E-state index is -0.625. The van der Waals surface area contributed by atoms with Crippen LogP contribution in [0.4, 0.5) is 0 Å². The van der Waals surface area contributed by atoms with E-state index in [1.165, 1.54) is 0 Å². The Hall–Kier alpha value is -0.910. The van der Waals surface area contributed by atoms with Crippen molar-refractivity contribution in [3.05, 3.63) is 34.3 Å². The number of aliphatic hydroxyl groups excluding tert-OH is 1. The second-order valence-corrected chi connectivity index (χ2v) is 3.96. The molecule has 2 rings (SSSR count). The van der Waals surface area contributed by atoms with Crippen molar-refractivity contribution < 1.29 is 5.11 Å². The lowest BCUT2D eigenvalue weighted by Gasteiger charge is -2.24. The molecule has 0 fully saturated rings. The average molecular weight is 256 g/mol. The van der Waals surface area contributed by atoms with E-state index in [2.05, 4.69) is 32.0 Å². The maximum absolute atomic E-state index is 9.38. The zero-order chi connectivity index (χ0) is 10.0. The molecule has 0 aromatic heterocycles. The highest BCUT2D eigenvalue weighted by Crippen LogP contribution is 2.27. The first kappa shape index (κ1) is 9.64. The number of nitrogens with one attached hydrogen (secondary N) is 2. The van der Waals surface area contributed by atoms with Crippen molar-refractivity contribution in [1.29, 1.82) is 0 Å². The van der Waals surface area contributed by atoms with Crippen LogP contribution >= 0.6 is 15.9 Å². The van der Waals surface area contributed by atoms with E-state index >= 15 is 0 Å². The molecule has 1 unspecified atom stereocenters. The van der Waals surface area contributed by atoms with Crippen molar-refractivity contribution in [3.63, 3.8) is 0 Å². The number of hydrogen-bond donors (Lipinski definition) is 3. The Morgan fingerprint density at radius 3 is 2.79 bits per heavy atom. The molecule has 0 aliphatic carbocycles. The molecule has 4 nitrogen and oxygen atoms in total. The van der Waals surface area contributed by atoms with Crippen molar-refractivity contribution in [1.82, 2.24) is 11.0 Å². The van der Waals surface area contributed by atoms with Crippen LogP contribution in [0, 0.1) is 0 Å². The summed E-state index contributed by atoms with van der Waals surface area (Å²) in [6.07, 6.45) is 1.66. The Morgan fingerprint density at radius 2 is 2.21 bits per heavy atom. The van der Waals surface area contributed by atoms with Gasteiger partial charge in [-0.25, -0.2) is 11.0 Å². The van der Waals surface area contributed by atoms with Gasteiger partial charge in [-0.3, -0.25) is 0 Å². The standard InChI is InChI=1S/C9H10BrN3O/c10-8-4-2-1-3-7(8)9(6-14)5-11-13-12-9/h1-5,12-14H,6H2. The molecule has 0 saturated heterocycles. The zero-order valence-electron chi connectivity index (χ0n) is 7.37. The molecule has 5 heteroatoms. The van der Waals surface area contributed by atoms with Crippen LogP contribution in [0.25, 0.3) is 0 Å². The highest BCUT2D eigenvalue weighted by molar-refractivity contribution is 9.10. The third kappa shape index (κ3) is 1.43. The molecule has 0 amide bonds. The normalized spacial score (nSPS) is 25.0. The van der Waals surface area contributed by atoms with E-state index in [0.29, 0.717) is 0 Å². The summed E-state index contributed by atoms with van der Waals surface area (Å²) in [6, 6.07) is 7.72. The minimum Gasteiger partial charge on any atom is -0.394 e. The third-order valence-electron chi connectivity index (χ3n) is 2.23. The molecule has 3 N–H and O–H groups in total. The van der Waals surface area contributed by atoms with Crippen LogP contribution in [0.5, 0.6) is 0 Å². The predicted octanol–water partition coefficient (Wildman–Crippen LogP) is 0.730. The van der Waals surface area contributed by atoms with Gasteiger partial charge in [0.1, 0.15) is 5.54 Å². The van der Waals surface area contributed by atoms with Gasteiger partial charge >= 0.3 is 0 Å². The largest absolute Gasteiger partial charge is 0.394 e. The summed E-state index contributed by atoms with van der Waals surface area (Å²) in [7, 11) is 0. The van der Waals surface area contributed by atoms with Crippen LogP contribution in [0.2, 0.25) is 0 Å². The smallest absolute Gasteiger partial charge is 0.124 e. The summed E-state index contributed by atoms with van der Waals surface area (Å²) in [6.45, 7) is -0.0495. The van der Waals surface area contributed by atoms with E-state index in [1.807, 2.05) is 24.3 Å². The number of hydrogen-bond acceptors (Lipinski definition) is 4. The summed E-state index contributed by atoms with van der Waals surface area (Å²) < 4.78 is 0.941. The highest BCUT2D eigenvalue weighted by atomic mass is 79.9. The van der Waals surface area contributed by atoms with Crippen LogP contribution in [-0.2, 0) is 5.54 Å². The van der Waals surface area contributed by atoms with E-state index < -0.39 is 5.54 Å². The Kier molecular flexibility index (Phi) is 2.54. The summed E-state index contributed by atoms with van der Waals surface area (Å²) in [4.78, 5) is 0. The van der Waals surface area contributed by atoms with Crippen molar-refractivity contribution in [2.45, 2.75) is 5.54 Å². The molecule has 1 atom stereocenters. The van der Waals surface area contributed by atoms with E-state index in [-0.39, 0.29) is 6.61 Å². The van der Waals surface area contributed by atoms with E-state index in [9.17, 15) is 5.11 Å². The molecular formula is C9H10BrN3O. The van der Waals surface area contributed by atoms with Crippen molar-refractivity contribution >= 4 is 22.1 Å². The third-order valence-corrected chi connectivity index (χ3v) is 2.92. The van der Waals surface area contributed by atoms with Gasteiger partial charge in [0.2, 0.25) is 0 Å². The van der Waals surface area contributed by atoms with Gasteiger partial charge < -0.3 is 5.11 Å². The number of aliphatic hydroxyl groups is 1. The highest BCUT2D eigenvalue weighted by Gasteiger charge is 2.34. The van der Waals surface area contributed by atoms with Crippen molar-refractivity contribution in [2.24, 2.45) is 5.10 Å². The van der Waals surface area contributed by atoms with Gasteiger partial charge in [-0.2, -0.15) is 5.10 Å². The topological polar surface area (TPSA) is 56.7 Å². The minimum absolute atomic E-state index is 0.0495. The number of halogens is 1. The molecular weight excluding hydrogens is 246 g/mol. The fourth-order valence-corrected chi connectivity index (χ4v) is 2.07. The van der Waals surface area contributed by atoms with E-state index in [1.54, 1.807) is 6.21 Å². The maximum Gasteiger partial charge on any atom is 0.124 e. The summed E-state index contributed by atoms with van der Waals surface area (Å²) >= 11 is 3.44. The Morgan fingerprint density at radius 1 is 1.43 bits per heavy atom. The van der Waals surface area contributed by atoms with Gasteiger partial charge in [0, 0.05) is 4.47 Å². The molecule has 1 aliphatic heterocycles. The fraction of sp³-hybridized carbons (Fsp3) is 0.222. The molecule has 0 bridgehead atoms. The molecule has 0 spiro atoms. The van der Waals surface area contributed by atoms with Gasteiger partial charge in [0.25, 0.3) is 0 Å². The van der Waals surface area contributed by atoms with E-state index in [0.717, 1.165) is 10.0 Å². The SMILES string of the molecule is OCC1(c2ccccc2Br)C=NNN1. The van der Waals surface area contributed by atoms with Crippen LogP contribution in [0.1, 0.15) is 5.56 Å². The number of hydrazone groups is 1. The lowest BCUT2D eigenvalue weighted by atomic mass is 9.93. The molecule has 1 aromatic carbocycles. The van der Waals surface area contributed by atoms with Gasteiger partial charge in [-0.05, 0) is 11.6 Å². The van der Waals surface area contributed by atoms with E-state index in [4.69, 9.17) is 0 Å². The maximum atomic E-state index is 9.38. The molecule has 1 aliphatic rings. The Bertz CT molecular complexity index is 369. The predicted molar refractivity (Wildman–Crippen MR) is 57.7 cm³/mol. The van der Waals surface area contributed by atoms with Gasteiger partial charge in [-0.15, -0.1) is 0 Å². The average Bonchev–Trinajstić information content (AvgIpc) is 2.68. The number of nitrogens with zero attached hydrogens (tertiary/aromatic N) is 1. The van der Waals surface area contributed by atoms with Crippen LogP contribution in [-0.4, -0.2) is 17.9 Å². The lowest BCUT2D eigenvalue weighted by molar-refractivity contribution is 0.209. The summed E-state index contributed by atoms with van der Waals surface area (Å²) in [5, 5.41) is 13.2. The molecule has 0 radical (unpaired) electrons. The first-order valence-corrected chi connectivity index (χ1v) is 5.00. The molecule has 1 aromatic rings. The van der Waals surface area contributed by atoms with Crippen molar-refractivity contribution in [2.75, 3.05) is 6.61 Å². The first-order valence-electron chi connectivity index (χ1n) is 4.21. The fourth-order valence-electron chi connectivity index (χ4n) is 1.43. The lowest BCUT2D eigenvalue weighted by Crippen LogP contribution is -2.47. The van der Waals surface area contributed by atoms with Crippen molar-refractivity contribution in [3.8, 4) is 0 Å². The first-order chi connectivity index (χ1) is 6.78. The second kappa shape index (κ2) is 3.68. The molecule has 1 heterocycles. The van der Waals surface area contributed by atoms with Crippen LogP contribution in [0.15, 0.2) is 33.8 Å². The van der Waals surface area contributed by atoms with Crippen LogP contribution in [0.3, 0.4) is 0 Å². The van der Waals surface area contributed by atoms with Gasteiger partial charge in [0.15, 0.2) is 0 Å². The molecule has 0 saturated carbocycles. The number of hydrazine groups is 1. The second-order valence-electron chi connectivity index (χ2n) is 3.10. The Labute approximate surface area is 90.1 Å².